The SMILES string of the molecule is CN(C(=O)c1cccc(CC(C)(C)C)c1)c1ccncc1. The van der Waals surface area contributed by atoms with Gasteiger partial charge in [0.2, 0.25) is 0 Å². The third-order valence-electron chi connectivity index (χ3n) is 3.26. The third-order valence-corrected chi connectivity index (χ3v) is 3.26. The molecule has 0 unspecified atom stereocenters. The van der Waals surface area contributed by atoms with Gasteiger partial charge in [0.05, 0.1) is 0 Å². The number of carbonyl (C=O) groups excluding carboxylic acids is 1. The van der Waals surface area contributed by atoms with Gasteiger partial charge in [-0.1, -0.05) is 32.9 Å². The summed E-state index contributed by atoms with van der Waals surface area (Å²) in [6.07, 6.45) is 4.33. The quantitative estimate of drug-likeness (QED) is 0.854. The fourth-order valence-corrected chi connectivity index (χ4v) is 2.31. The molecule has 0 N–H and O–H groups in total. The van der Waals surface area contributed by atoms with E-state index in [1.165, 1.54) is 5.56 Å². The van der Waals surface area contributed by atoms with Gasteiger partial charge in [-0.3, -0.25) is 9.78 Å². The second-order valence-electron chi connectivity index (χ2n) is 6.51. The summed E-state index contributed by atoms with van der Waals surface area (Å²) >= 11 is 0. The second-order valence-corrected chi connectivity index (χ2v) is 6.51. The van der Waals surface area contributed by atoms with Crippen LogP contribution >= 0.6 is 0 Å². The van der Waals surface area contributed by atoms with Crippen LogP contribution in [0, 0.1) is 5.41 Å². The van der Waals surface area contributed by atoms with E-state index in [2.05, 4.69) is 31.8 Å². The van der Waals surface area contributed by atoms with Crippen LogP contribution in [0.15, 0.2) is 48.8 Å². The molecule has 0 radical (unpaired) electrons. The first-order valence-electron chi connectivity index (χ1n) is 7.14. The Bertz CT molecular complexity index is 615. The van der Waals surface area contributed by atoms with Crippen LogP contribution in [0.4, 0.5) is 5.69 Å². The van der Waals surface area contributed by atoms with Crippen LogP contribution in [-0.2, 0) is 6.42 Å². The van der Waals surface area contributed by atoms with E-state index in [1.807, 2.05) is 30.3 Å². The lowest BCUT2D eigenvalue weighted by atomic mass is 9.87. The minimum Gasteiger partial charge on any atom is -0.311 e. The Balaban J connectivity index is 2.22. The number of carbonyl (C=O) groups is 1. The predicted molar refractivity (Wildman–Crippen MR) is 86.6 cm³/mol. The van der Waals surface area contributed by atoms with E-state index in [1.54, 1.807) is 24.3 Å². The number of hydrogen-bond acceptors (Lipinski definition) is 2. The van der Waals surface area contributed by atoms with Crippen molar-refractivity contribution >= 4 is 11.6 Å². The zero-order valence-electron chi connectivity index (χ0n) is 13.1. The van der Waals surface area contributed by atoms with Crippen molar-refractivity contribution in [3.63, 3.8) is 0 Å². The highest BCUT2D eigenvalue weighted by Gasteiger charge is 2.16. The fraction of sp³-hybridized carbons (Fsp3) is 0.333. The summed E-state index contributed by atoms with van der Waals surface area (Å²) in [5, 5.41) is 0. The van der Waals surface area contributed by atoms with Crippen LogP contribution in [0.3, 0.4) is 0 Å². The zero-order chi connectivity index (χ0) is 15.5. The lowest BCUT2D eigenvalue weighted by Crippen LogP contribution is -2.26. The molecular weight excluding hydrogens is 260 g/mol. The van der Waals surface area contributed by atoms with Gasteiger partial charge in [0, 0.05) is 30.7 Å². The monoisotopic (exact) mass is 282 g/mol. The average Bonchev–Trinajstić information content (AvgIpc) is 2.45. The Morgan fingerprint density at radius 2 is 1.81 bits per heavy atom. The molecule has 1 aromatic heterocycles. The van der Waals surface area contributed by atoms with Crippen molar-refractivity contribution in [2.75, 3.05) is 11.9 Å². The van der Waals surface area contributed by atoms with Gasteiger partial charge in [0.1, 0.15) is 0 Å². The number of hydrogen-bond donors (Lipinski definition) is 0. The molecular formula is C18H22N2O. The summed E-state index contributed by atoms with van der Waals surface area (Å²) in [5.41, 5.74) is 2.96. The molecule has 0 aliphatic carbocycles. The van der Waals surface area contributed by atoms with Crippen molar-refractivity contribution in [1.29, 1.82) is 0 Å². The molecule has 0 spiro atoms. The summed E-state index contributed by atoms with van der Waals surface area (Å²) in [4.78, 5) is 18.2. The molecule has 0 fully saturated rings. The minimum atomic E-state index is -0.00282. The Kier molecular flexibility index (Phi) is 4.41. The van der Waals surface area contributed by atoms with E-state index in [0.29, 0.717) is 0 Å². The van der Waals surface area contributed by atoms with Gasteiger partial charge in [-0.25, -0.2) is 0 Å². The summed E-state index contributed by atoms with van der Waals surface area (Å²) in [6.45, 7) is 6.60. The largest absolute Gasteiger partial charge is 0.311 e. The number of aromatic nitrogens is 1. The van der Waals surface area contributed by atoms with Crippen LogP contribution in [0.5, 0.6) is 0 Å². The second kappa shape index (κ2) is 6.08. The molecule has 1 heterocycles. The van der Waals surface area contributed by atoms with E-state index in [9.17, 15) is 4.79 Å². The van der Waals surface area contributed by atoms with Gasteiger partial charge in [0.15, 0.2) is 0 Å². The van der Waals surface area contributed by atoms with E-state index >= 15 is 0 Å². The molecule has 1 amide bonds. The van der Waals surface area contributed by atoms with Crippen molar-refractivity contribution in [1.82, 2.24) is 4.98 Å². The number of pyridine rings is 1. The fourth-order valence-electron chi connectivity index (χ4n) is 2.31. The molecule has 0 aliphatic heterocycles. The van der Waals surface area contributed by atoms with Gasteiger partial charge in [-0.05, 0) is 41.7 Å². The molecule has 0 aliphatic rings. The predicted octanol–water partition coefficient (Wildman–Crippen LogP) is 3.95. The Morgan fingerprint density at radius 3 is 2.43 bits per heavy atom. The highest BCUT2D eigenvalue weighted by molar-refractivity contribution is 6.05. The number of rotatable bonds is 3. The molecule has 2 rings (SSSR count). The normalized spacial score (nSPS) is 11.2. The average molecular weight is 282 g/mol. The lowest BCUT2D eigenvalue weighted by molar-refractivity contribution is 0.0993. The number of benzene rings is 1. The van der Waals surface area contributed by atoms with Gasteiger partial charge in [-0.2, -0.15) is 0 Å². The lowest BCUT2D eigenvalue weighted by Gasteiger charge is -2.20. The molecule has 21 heavy (non-hydrogen) atoms. The first-order valence-corrected chi connectivity index (χ1v) is 7.14. The molecule has 110 valence electrons. The van der Waals surface area contributed by atoms with E-state index in [-0.39, 0.29) is 11.3 Å². The van der Waals surface area contributed by atoms with E-state index in [0.717, 1.165) is 17.7 Å². The molecule has 0 saturated heterocycles. The topological polar surface area (TPSA) is 33.2 Å². The number of nitrogens with zero attached hydrogens (tertiary/aromatic N) is 2. The number of amides is 1. The van der Waals surface area contributed by atoms with Crippen LogP contribution in [0.2, 0.25) is 0 Å². The first kappa shape index (κ1) is 15.2. The van der Waals surface area contributed by atoms with E-state index < -0.39 is 0 Å². The maximum absolute atomic E-state index is 12.6. The van der Waals surface area contributed by atoms with Gasteiger partial charge in [0.25, 0.3) is 5.91 Å². The molecule has 0 saturated carbocycles. The summed E-state index contributed by atoms with van der Waals surface area (Å²) in [5.74, 6) is -0.00282. The van der Waals surface area contributed by atoms with Crippen molar-refractivity contribution in [2.24, 2.45) is 5.41 Å². The standard InChI is InChI=1S/C18H22N2O/c1-18(2,3)13-14-6-5-7-15(12-14)17(21)20(4)16-8-10-19-11-9-16/h5-12H,13H2,1-4H3. The summed E-state index contributed by atoms with van der Waals surface area (Å²) in [6, 6.07) is 11.6. The summed E-state index contributed by atoms with van der Waals surface area (Å²) in [7, 11) is 1.79. The van der Waals surface area contributed by atoms with Crippen LogP contribution < -0.4 is 4.90 Å². The zero-order valence-corrected chi connectivity index (χ0v) is 13.1. The van der Waals surface area contributed by atoms with Crippen LogP contribution in [0.1, 0.15) is 36.7 Å². The van der Waals surface area contributed by atoms with Crippen molar-refractivity contribution < 1.29 is 4.79 Å². The first-order chi connectivity index (χ1) is 9.87. The molecule has 3 nitrogen and oxygen atoms in total. The van der Waals surface area contributed by atoms with Gasteiger partial charge >= 0.3 is 0 Å². The molecule has 3 heteroatoms. The highest BCUT2D eigenvalue weighted by atomic mass is 16.2. The Labute approximate surface area is 126 Å². The smallest absolute Gasteiger partial charge is 0.258 e. The van der Waals surface area contributed by atoms with Gasteiger partial charge in [-0.15, -0.1) is 0 Å². The van der Waals surface area contributed by atoms with Crippen molar-refractivity contribution in [3.05, 3.63) is 59.9 Å². The van der Waals surface area contributed by atoms with Gasteiger partial charge < -0.3 is 4.90 Å². The van der Waals surface area contributed by atoms with Crippen molar-refractivity contribution in [2.45, 2.75) is 27.2 Å². The molecule has 0 atom stereocenters. The molecule has 2 aromatic rings. The maximum atomic E-state index is 12.6. The molecule has 0 bridgehead atoms. The Hall–Kier alpha value is -2.16. The summed E-state index contributed by atoms with van der Waals surface area (Å²) < 4.78 is 0. The van der Waals surface area contributed by atoms with E-state index in [4.69, 9.17) is 0 Å². The minimum absolute atomic E-state index is 0.00282. The number of anilines is 1. The maximum Gasteiger partial charge on any atom is 0.258 e. The van der Waals surface area contributed by atoms with Crippen LogP contribution in [0.25, 0.3) is 0 Å². The van der Waals surface area contributed by atoms with Crippen LogP contribution in [-0.4, -0.2) is 17.9 Å². The molecule has 1 aromatic carbocycles. The third kappa shape index (κ3) is 4.15. The Morgan fingerprint density at radius 1 is 1.14 bits per heavy atom. The van der Waals surface area contributed by atoms with Crippen molar-refractivity contribution in [3.8, 4) is 0 Å². The highest BCUT2D eigenvalue weighted by Crippen LogP contribution is 2.22.